The number of halogens is 1. The Kier molecular flexibility index (Phi) is 6.22. The number of benzene rings is 2. The van der Waals surface area contributed by atoms with Crippen molar-refractivity contribution < 1.29 is 24.1 Å². The second-order valence-corrected chi connectivity index (χ2v) is 7.53. The van der Waals surface area contributed by atoms with E-state index in [1.54, 1.807) is 34.9 Å². The summed E-state index contributed by atoms with van der Waals surface area (Å²) in [5.41, 5.74) is 0.425. The van der Waals surface area contributed by atoms with Crippen molar-refractivity contribution in [3.05, 3.63) is 75.3 Å². The molecule has 7 heteroatoms. The number of methoxy groups -OCH3 is 1. The van der Waals surface area contributed by atoms with Crippen molar-refractivity contribution in [2.24, 2.45) is 5.92 Å². The Morgan fingerprint density at radius 3 is 2.47 bits per heavy atom. The van der Waals surface area contributed by atoms with Gasteiger partial charge in [-0.15, -0.1) is 0 Å². The largest absolute Gasteiger partial charge is 0.496 e. The molecule has 0 spiro atoms. The summed E-state index contributed by atoms with van der Waals surface area (Å²) in [6.07, 6.45) is 1.44. The monoisotopic (exact) mass is 413 g/mol. The van der Waals surface area contributed by atoms with Crippen molar-refractivity contribution in [2.45, 2.75) is 26.3 Å². The number of carboxylic acids is 1. The fourth-order valence-corrected chi connectivity index (χ4v) is 3.64. The van der Waals surface area contributed by atoms with E-state index >= 15 is 0 Å². The first kappa shape index (κ1) is 21.5. The van der Waals surface area contributed by atoms with E-state index in [9.17, 15) is 24.2 Å². The van der Waals surface area contributed by atoms with Gasteiger partial charge in [0.25, 0.3) is 0 Å². The summed E-state index contributed by atoms with van der Waals surface area (Å²) < 4.78 is 21.3. The molecule has 1 aromatic heterocycles. The SMILES string of the molecule is COc1cc2c(cc1Cc1ccccc1F)c(=O)c(C(=O)O)cn2[C@H](CO)C(C)C. The number of aliphatic hydroxyl groups is 1. The smallest absolute Gasteiger partial charge is 0.341 e. The first-order chi connectivity index (χ1) is 14.3. The van der Waals surface area contributed by atoms with Gasteiger partial charge in [0, 0.05) is 24.1 Å². The van der Waals surface area contributed by atoms with Crippen LogP contribution in [0.4, 0.5) is 4.39 Å². The van der Waals surface area contributed by atoms with Gasteiger partial charge in [-0.3, -0.25) is 4.79 Å². The molecule has 3 rings (SSSR count). The highest BCUT2D eigenvalue weighted by Crippen LogP contribution is 2.30. The fourth-order valence-electron chi connectivity index (χ4n) is 3.64. The molecule has 6 nitrogen and oxygen atoms in total. The summed E-state index contributed by atoms with van der Waals surface area (Å²) >= 11 is 0. The van der Waals surface area contributed by atoms with Gasteiger partial charge in [-0.25, -0.2) is 9.18 Å². The Balaban J connectivity index is 2.32. The standard InChI is InChI=1S/C23H24FNO5/c1-13(2)20(12-26)25-11-17(23(28)29)22(27)16-9-15(21(30-3)10-19(16)25)8-14-6-4-5-7-18(14)24/h4-7,9-11,13,20,26H,8,12H2,1-3H3,(H,28,29)/t20-/m1/s1. The summed E-state index contributed by atoms with van der Waals surface area (Å²) in [7, 11) is 1.48. The second-order valence-electron chi connectivity index (χ2n) is 7.53. The van der Waals surface area contributed by atoms with Crippen molar-refractivity contribution in [1.29, 1.82) is 0 Å². The van der Waals surface area contributed by atoms with Gasteiger partial charge < -0.3 is 19.5 Å². The van der Waals surface area contributed by atoms with E-state index < -0.39 is 17.4 Å². The number of nitrogens with zero attached hydrogens (tertiary/aromatic N) is 1. The van der Waals surface area contributed by atoms with Crippen molar-refractivity contribution in [3.8, 4) is 5.75 Å². The van der Waals surface area contributed by atoms with Crippen LogP contribution in [0, 0.1) is 11.7 Å². The molecule has 0 saturated carbocycles. The Bertz CT molecular complexity index is 1150. The Morgan fingerprint density at radius 2 is 1.90 bits per heavy atom. The molecule has 158 valence electrons. The summed E-state index contributed by atoms with van der Waals surface area (Å²) in [6, 6.07) is 9.07. The van der Waals surface area contributed by atoms with Crippen LogP contribution in [0.5, 0.6) is 5.75 Å². The molecule has 0 aliphatic heterocycles. The zero-order valence-corrected chi connectivity index (χ0v) is 17.1. The van der Waals surface area contributed by atoms with E-state index in [1.165, 1.54) is 19.4 Å². The first-order valence-electron chi connectivity index (χ1n) is 9.61. The van der Waals surface area contributed by atoms with E-state index in [0.29, 0.717) is 22.4 Å². The molecule has 0 unspecified atom stereocenters. The van der Waals surface area contributed by atoms with Gasteiger partial charge in [-0.1, -0.05) is 32.0 Å². The predicted molar refractivity (Wildman–Crippen MR) is 112 cm³/mol. The number of aliphatic hydroxyl groups excluding tert-OH is 1. The minimum Gasteiger partial charge on any atom is -0.496 e. The molecule has 1 atom stereocenters. The third-order valence-electron chi connectivity index (χ3n) is 5.32. The number of aromatic nitrogens is 1. The molecule has 0 amide bonds. The number of hydrogen-bond acceptors (Lipinski definition) is 4. The van der Waals surface area contributed by atoms with Crippen LogP contribution in [-0.4, -0.2) is 34.5 Å². The number of aromatic carboxylic acids is 1. The summed E-state index contributed by atoms with van der Waals surface area (Å²) in [5, 5.41) is 19.6. The van der Waals surface area contributed by atoms with Crippen LogP contribution in [-0.2, 0) is 6.42 Å². The van der Waals surface area contributed by atoms with Gasteiger partial charge >= 0.3 is 5.97 Å². The number of rotatable bonds is 7. The molecule has 0 aliphatic carbocycles. The highest BCUT2D eigenvalue weighted by Gasteiger charge is 2.22. The number of fused-ring (bicyclic) bond motifs is 1. The lowest BCUT2D eigenvalue weighted by atomic mass is 9.98. The quantitative estimate of drug-likeness (QED) is 0.618. The molecule has 2 aromatic carbocycles. The van der Waals surface area contributed by atoms with Gasteiger partial charge in [0.1, 0.15) is 17.1 Å². The van der Waals surface area contributed by atoms with Crippen LogP contribution in [0.15, 0.2) is 47.4 Å². The number of carboxylic acid groups (broad SMARTS) is 1. The molecule has 2 N–H and O–H groups in total. The van der Waals surface area contributed by atoms with Gasteiger partial charge in [-0.05, 0) is 29.2 Å². The van der Waals surface area contributed by atoms with Crippen LogP contribution in [0.2, 0.25) is 0 Å². The van der Waals surface area contributed by atoms with Crippen LogP contribution < -0.4 is 10.2 Å². The molecule has 30 heavy (non-hydrogen) atoms. The lowest BCUT2D eigenvalue weighted by Gasteiger charge is -2.25. The molecule has 1 heterocycles. The van der Waals surface area contributed by atoms with Gasteiger partial charge in [0.15, 0.2) is 0 Å². The van der Waals surface area contributed by atoms with E-state index in [-0.39, 0.29) is 35.7 Å². The number of carbonyl (C=O) groups is 1. The zero-order chi connectivity index (χ0) is 22.0. The minimum absolute atomic E-state index is 0.0218. The van der Waals surface area contributed by atoms with Crippen molar-refractivity contribution >= 4 is 16.9 Å². The van der Waals surface area contributed by atoms with Gasteiger partial charge in [0.2, 0.25) is 5.43 Å². The number of ether oxygens (including phenoxy) is 1. The Labute approximate surface area is 173 Å². The second kappa shape index (κ2) is 8.67. The lowest BCUT2D eigenvalue weighted by molar-refractivity contribution is 0.0694. The van der Waals surface area contributed by atoms with Crippen LogP contribution in [0.25, 0.3) is 10.9 Å². The van der Waals surface area contributed by atoms with Crippen molar-refractivity contribution in [1.82, 2.24) is 4.57 Å². The molecule has 0 aliphatic rings. The van der Waals surface area contributed by atoms with E-state index in [0.717, 1.165) is 0 Å². The first-order valence-corrected chi connectivity index (χ1v) is 9.61. The zero-order valence-electron chi connectivity index (χ0n) is 17.1. The topological polar surface area (TPSA) is 88.8 Å². The van der Waals surface area contributed by atoms with E-state index in [2.05, 4.69) is 0 Å². The van der Waals surface area contributed by atoms with Gasteiger partial charge in [-0.2, -0.15) is 0 Å². The number of pyridine rings is 1. The molecular weight excluding hydrogens is 389 g/mol. The van der Waals surface area contributed by atoms with Crippen LogP contribution in [0.3, 0.4) is 0 Å². The average Bonchev–Trinajstić information content (AvgIpc) is 2.71. The average molecular weight is 413 g/mol. The van der Waals surface area contributed by atoms with E-state index in [1.807, 2.05) is 13.8 Å². The summed E-state index contributed by atoms with van der Waals surface area (Å²) in [5.74, 6) is -1.30. The van der Waals surface area contributed by atoms with Crippen molar-refractivity contribution in [2.75, 3.05) is 13.7 Å². The fraction of sp³-hybridized carbons (Fsp3) is 0.304. The molecule has 0 fully saturated rings. The predicted octanol–water partition coefficient (Wildman–Crippen LogP) is 3.63. The van der Waals surface area contributed by atoms with Gasteiger partial charge in [0.05, 0.1) is 25.3 Å². The maximum Gasteiger partial charge on any atom is 0.341 e. The minimum atomic E-state index is -1.34. The third kappa shape index (κ3) is 3.93. The highest BCUT2D eigenvalue weighted by atomic mass is 19.1. The molecule has 0 radical (unpaired) electrons. The molecule has 0 saturated heterocycles. The highest BCUT2D eigenvalue weighted by molar-refractivity contribution is 5.93. The normalized spacial score (nSPS) is 12.3. The van der Waals surface area contributed by atoms with Crippen LogP contribution in [0.1, 0.15) is 41.4 Å². The molecular formula is C23H24FNO5. The maximum absolute atomic E-state index is 14.2. The Hall–Kier alpha value is -3.19. The van der Waals surface area contributed by atoms with Crippen molar-refractivity contribution in [3.63, 3.8) is 0 Å². The number of hydrogen-bond donors (Lipinski definition) is 2. The summed E-state index contributed by atoms with van der Waals surface area (Å²) in [6.45, 7) is 3.57. The van der Waals surface area contributed by atoms with Crippen LogP contribution >= 0.6 is 0 Å². The molecule has 3 aromatic rings. The van der Waals surface area contributed by atoms with E-state index in [4.69, 9.17) is 4.74 Å². The summed E-state index contributed by atoms with van der Waals surface area (Å²) in [4.78, 5) is 24.6. The third-order valence-corrected chi connectivity index (χ3v) is 5.32. The Morgan fingerprint density at radius 1 is 1.20 bits per heavy atom. The maximum atomic E-state index is 14.2. The molecule has 0 bridgehead atoms. The lowest BCUT2D eigenvalue weighted by Crippen LogP contribution is -2.25.